The second-order valence-electron chi connectivity index (χ2n) is 5.59. The molecule has 0 unspecified atom stereocenters. The molecule has 0 saturated heterocycles. The van der Waals surface area contributed by atoms with Crippen LogP contribution in [0.3, 0.4) is 0 Å². The molecule has 0 heterocycles. The Morgan fingerprint density at radius 2 is 1.95 bits per heavy atom. The largest absolute Gasteiger partial charge is 0.481 e. The summed E-state index contributed by atoms with van der Waals surface area (Å²) in [7, 11) is 3.78. The van der Waals surface area contributed by atoms with Crippen molar-refractivity contribution < 1.29 is 9.53 Å². The maximum Gasteiger partial charge on any atom is 0.260 e. The van der Waals surface area contributed by atoms with Crippen LogP contribution in [-0.4, -0.2) is 43.6 Å². The first-order valence-electron chi connectivity index (χ1n) is 7.54. The van der Waals surface area contributed by atoms with E-state index in [2.05, 4.69) is 5.32 Å². The Morgan fingerprint density at radius 3 is 2.59 bits per heavy atom. The van der Waals surface area contributed by atoms with Crippen LogP contribution in [0.15, 0.2) is 18.2 Å². The van der Waals surface area contributed by atoms with E-state index in [4.69, 9.17) is 27.9 Å². The van der Waals surface area contributed by atoms with Crippen molar-refractivity contribution in [2.75, 3.05) is 20.7 Å². The van der Waals surface area contributed by atoms with Gasteiger partial charge in [0, 0.05) is 19.1 Å². The molecule has 1 amide bonds. The van der Waals surface area contributed by atoms with Gasteiger partial charge in [-0.15, -0.1) is 0 Å². The Labute approximate surface area is 141 Å². The zero-order chi connectivity index (χ0) is 16.1. The second kappa shape index (κ2) is 8.04. The quantitative estimate of drug-likeness (QED) is 0.890. The van der Waals surface area contributed by atoms with Crippen molar-refractivity contribution in [1.82, 2.24) is 10.2 Å². The molecule has 1 aliphatic carbocycles. The van der Waals surface area contributed by atoms with Crippen LogP contribution >= 0.6 is 23.2 Å². The summed E-state index contributed by atoms with van der Waals surface area (Å²) in [4.78, 5) is 14.2. The highest BCUT2D eigenvalue weighted by molar-refractivity contribution is 6.37. The van der Waals surface area contributed by atoms with Gasteiger partial charge in [0.2, 0.25) is 0 Å². The summed E-state index contributed by atoms with van der Waals surface area (Å²) in [5.41, 5.74) is 0. The summed E-state index contributed by atoms with van der Waals surface area (Å²) in [5.74, 6) is 0.296. The summed E-state index contributed by atoms with van der Waals surface area (Å²) in [6, 6.07) is 5.66. The maximum absolute atomic E-state index is 12.4. The highest BCUT2D eigenvalue weighted by Crippen LogP contribution is 2.32. The number of rotatable bonds is 5. The Kier molecular flexibility index (Phi) is 6.36. The molecule has 2 atom stereocenters. The monoisotopic (exact) mass is 344 g/mol. The number of hydrogen-bond acceptors (Lipinski definition) is 3. The summed E-state index contributed by atoms with van der Waals surface area (Å²) in [6.45, 7) is -0.0626. The fourth-order valence-electron chi connectivity index (χ4n) is 2.95. The molecule has 1 aromatic carbocycles. The van der Waals surface area contributed by atoms with E-state index >= 15 is 0 Å². The van der Waals surface area contributed by atoms with E-state index in [0.29, 0.717) is 21.8 Å². The summed E-state index contributed by atoms with van der Waals surface area (Å²) >= 11 is 12.1. The molecule has 1 saturated carbocycles. The lowest BCUT2D eigenvalue weighted by Gasteiger charge is -2.37. The molecule has 1 aromatic rings. The van der Waals surface area contributed by atoms with Gasteiger partial charge in [0.05, 0.1) is 10.0 Å². The molecule has 0 aromatic heterocycles. The van der Waals surface area contributed by atoms with Crippen molar-refractivity contribution >= 4 is 29.1 Å². The normalized spacial score (nSPS) is 21.5. The van der Waals surface area contributed by atoms with E-state index in [1.54, 1.807) is 23.1 Å². The summed E-state index contributed by atoms with van der Waals surface area (Å²) in [6.07, 6.45) is 4.46. The zero-order valence-corrected chi connectivity index (χ0v) is 14.5. The minimum Gasteiger partial charge on any atom is -0.481 e. The third kappa shape index (κ3) is 4.06. The van der Waals surface area contributed by atoms with E-state index in [1.807, 2.05) is 14.1 Å². The van der Waals surface area contributed by atoms with Gasteiger partial charge in [0.25, 0.3) is 5.91 Å². The molecule has 22 heavy (non-hydrogen) atoms. The number of hydrogen-bond donors (Lipinski definition) is 1. The first-order valence-corrected chi connectivity index (χ1v) is 8.30. The van der Waals surface area contributed by atoms with Gasteiger partial charge in [-0.1, -0.05) is 42.1 Å². The fraction of sp³-hybridized carbons (Fsp3) is 0.562. The third-order valence-electron chi connectivity index (χ3n) is 4.25. The second-order valence-corrected chi connectivity index (χ2v) is 6.41. The number of ether oxygens (including phenoxy) is 1. The number of halogens is 2. The molecule has 2 rings (SSSR count). The van der Waals surface area contributed by atoms with Gasteiger partial charge in [-0.2, -0.15) is 0 Å². The number of benzene rings is 1. The van der Waals surface area contributed by atoms with Crippen molar-refractivity contribution in [2.45, 2.75) is 37.8 Å². The highest BCUT2D eigenvalue weighted by atomic mass is 35.5. The average Bonchev–Trinajstić information content (AvgIpc) is 2.53. The molecule has 1 N–H and O–H groups in total. The van der Waals surface area contributed by atoms with E-state index in [0.717, 1.165) is 19.3 Å². The van der Waals surface area contributed by atoms with Crippen LogP contribution in [0.4, 0.5) is 0 Å². The van der Waals surface area contributed by atoms with Gasteiger partial charge in [-0.3, -0.25) is 4.79 Å². The Balaban J connectivity index is 1.96. The van der Waals surface area contributed by atoms with E-state index in [9.17, 15) is 4.79 Å². The first kappa shape index (κ1) is 17.4. The predicted octanol–water partition coefficient (Wildman–Crippen LogP) is 3.36. The molecule has 122 valence electrons. The topological polar surface area (TPSA) is 41.6 Å². The minimum atomic E-state index is -0.0665. The Bertz CT molecular complexity index is 505. The number of nitrogens with zero attached hydrogens (tertiary/aromatic N) is 1. The molecule has 4 nitrogen and oxygen atoms in total. The van der Waals surface area contributed by atoms with Crippen LogP contribution in [0.25, 0.3) is 0 Å². The van der Waals surface area contributed by atoms with Gasteiger partial charge < -0.3 is 15.0 Å². The zero-order valence-electron chi connectivity index (χ0n) is 12.9. The molecule has 0 aliphatic heterocycles. The van der Waals surface area contributed by atoms with Crippen molar-refractivity contribution in [3.8, 4) is 5.75 Å². The number of carbonyl (C=O) groups excluding carboxylic acids is 1. The lowest BCUT2D eigenvalue weighted by molar-refractivity contribution is -0.135. The molecule has 0 radical (unpaired) electrons. The molecule has 0 spiro atoms. The average molecular weight is 345 g/mol. The smallest absolute Gasteiger partial charge is 0.260 e. The van der Waals surface area contributed by atoms with Gasteiger partial charge in [-0.05, 0) is 32.0 Å². The highest BCUT2D eigenvalue weighted by Gasteiger charge is 2.29. The van der Waals surface area contributed by atoms with Crippen molar-refractivity contribution in [2.24, 2.45) is 0 Å². The number of para-hydroxylation sites is 1. The van der Waals surface area contributed by atoms with Crippen LogP contribution in [0.1, 0.15) is 25.7 Å². The first-order chi connectivity index (χ1) is 10.5. The van der Waals surface area contributed by atoms with E-state index in [1.165, 1.54) is 6.42 Å². The SMILES string of the molecule is CN[C@@H]1CCCC[C@H]1N(C)C(=O)COc1c(Cl)cccc1Cl. The fourth-order valence-corrected chi connectivity index (χ4v) is 3.46. The van der Waals surface area contributed by atoms with Crippen molar-refractivity contribution in [1.29, 1.82) is 0 Å². The minimum absolute atomic E-state index is 0.0626. The molecule has 0 bridgehead atoms. The predicted molar refractivity (Wildman–Crippen MR) is 89.8 cm³/mol. The van der Waals surface area contributed by atoms with Crippen molar-refractivity contribution in [3.05, 3.63) is 28.2 Å². The van der Waals surface area contributed by atoms with Crippen LogP contribution in [0.5, 0.6) is 5.75 Å². The van der Waals surface area contributed by atoms with Crippen LogP contribution in [0, 0.1) is 0 Å². The van der Waals surface area contributed by atoms with Gasteiger partial charge >= 0.3 is 0 Å². The lowest BCUT2D eigenvalue weighted by Crippen LogP contribution is -2.52. The standard InChI is InChI=1S/C16H22Cl2N2O2/c1-19-13-8-3-4-9-14(13)20(2)15(21)10-22-16-11(17)6-5-7-12(16)18/h5-7,13-14,19H,3-4,8-10H2,1-2H3/t13-,14-/m1/s1. The number of nitrogens with one attached hydrogen (secondary N) is 1. The van der Waals surface area contributed by atoms with Crippen molar-refractivity contribution in [3.63, 3.8) is 0 Å². The van der Waals surface area contributed by atoms with Crippen LogP contribution < -0.4 is 10.1 Å². The molecular weight excluding hydrogens is 323 g/mol. The van der Waals surface area contributed by atoms with Gasteiger partial charge in [0.15, 0.2) is 12.4 Å². The van der Waals surface area contributed by atoms with E-state index < -0.39 is 0 Å². The van der Waals surface area contributed by atoms with Gasteiger partial charge in [0.1, 0.15) is 0 Å². The molecule has 6 heteroatoms. The lowest BCUT2D eigenvalue weighted by atomic mass is 9.89. The van der Waals surface area contributed by atoms with Gasteiger partial charge in [-0.25, -0.2) is 0 Å². The van der Waals surface area contributed by atoms with Crippen LogP contribution in [0.2, 0.25) is 10.0 Å². The third-order valence-corrected chi connectivity index (χ3v) is 4.85. The Morgan fingerprint density at radius 1 is 1.32 bits per heavy atom. The Hall–Kier alpha value is -0.970. The number of carbonyl (C=O) groups is 1. The molecule has 1 fully saturated rings. The maximum atomic E-state index is 12.4. The molecular formula is C16H22Cl2N2O2. The number of amides is 1. The summed E-state index contributed by atoms with van der Waals surface area (Å²) in [5, 5.41) is 4.13. The molecule has 1 aliphatic rings. The van der Waals surface area contributed by atoms with Crippen LogP contribution in [-0.2, 0) is 4.79 Å². The van der Waals surface area contributed by atoms with E-state index in [-0.39, 0.29) is 18.6 Å². The number of likely N-dealkylation sites (N-methyl/N-ethyl adjacent to an activating group) is 2. The summed E-state index contributed by atoms with van der Waals surface area (Å²) < 4.78 is 5.53.